The number of rotatable bonds is 5. The van der Waals surface area contributed by atoms with Crippen LogP contribution < -0.4 is 10.5 Å². The summed E-state index contributed by atoms with van der Waals surface area (Å²) in [5.41, 5.74) is 10.3. The van der Waals surface area contributed by atoms with Gasteiger partial charge < -0.3 is 10.5 Å². The normalized spacial score (nSPS) is 10.3. The first-order valence-electron chi connectivity index (χ1n) is 6.60. The highest BCUT2D eigenvalue weighted by Crippen LogP contribution is 2.16. The van der Waals surface area contributed by atoms with Crippen LogP contribution in [-0.4, -0.2) is 4.99 Å². The first kappa shape index (κ1) is 14.5. The van der Waals surface area contributed by atoms with Gasteiger partial charge in [0.15, 0.2) is 0 Å². The Kier molecular flexibility index (Phi) is 4.74. The average Bonchev–Trinajstić information content (AvgIpc) is 2.36. The van der Waals surface area contributed by atoms with E-state index in [2.05, 4.69) is 32.0 Å². The minimum atomic E-state index is 0.508. The lowest BCUT2D eigenvalue weighted by Gasteiger charge is -2.09. The molecule has 2 nitrogen and oxygen atoms in total. The maximum atomic E-state index is 5.80. The van der Waals surface area contributed by atoms with Crippen molar-refractivity contribution in [3.8, 4) is 5.75 Å². The second-order valence-corrected chi connectivity index (χ2v) is 5.60. The lowest BCUT2D eigenvalue weighted by molar-refractivity contribution is 0.306. The fourth-order valence-corrected chi connectivity index (χ4v) is 2.39. The molecule has 0 bridgehead atoms. The summed E-state index contributed by atoms with van der Waals surface area (Å²) in [6.45, 7) is 4.78. The van der Waals surface area contributed by atoms with Crippen LogP contribution in [0.2, 0.25) is 0 Å². The topological polar surface area (TPSA) is 35.2 Å². The van der Waals surface area contributed by atoms with E-state index in [1.54, 1.807) is 0 Å². The van der Waals surface area contributed by atoms with Crippen LogP contribution in [0.15, 0.2) is 42.5 Å². The van der Waals surface area contributed by atoms with Crippen molar-refractivity contribution in [1.29, 1.82) is 0 Å². The lowest BCUT2D eigenvalue weighted by Crippen LogP contribution is -2.10. The quantitative estimate of drug-likeness (QED) is 0.851. The van der Waals surface area contributed by atoms with Gasteiger partial charge in [0.1, 0.15) is 12.4 Å². The second-order valence-electron chi connectivity index (χ2n) is 5.07. The minimum Gasteiger partial charge on any atom is -0.489 e. The first-order valence-corrected chi connectivity index (χ1v) is 7.01. The fourth-order valence-electron chi connectivity index (χ4n) is 2.22. The Morgan fingerprint density at radius 1 is 1.00 bits per heavy atom. The van der Waals surface area contributed by atoms with Crippen LogP contribution in [0.5, 0.6) is 5.75 Å². The summed E-state index contributed by atoms with van der Waals surface area (Å²) in [5.74, 6) is 0.857. The van der Waals surface area contributed by atoms with Gasteiger partial charge in [-0.3, -0.25) is 0 Å². The molecule has 0 saturated heterocycles. The summed E-state index contributed by atoms with van der Waals surface area (Å²) in [6.07, 6.45) is 0.632. The molecule has 0 saturated carbocycles. The number of hydrogen-bond donors (Lipinski definition) is 1. The molecule has 0 radical (unpaired) electrons. The molecule has 0 spiro atoms. The van der Waals surface area contributed by atoms with Gasteiger partial charge in [0, 0.05) is 6.42 Å². The van der Waals surface area contributed by atoms with E-state index in [9.17, 15) is 0 Å². The number of nitrogens with two attached hydrogens (primary N) is 1. The third kappa shape index (κ3) is 4.35. The summed E-state index contributed by atoms with van der Waals surface area (Å²) in [4.78, 5) is 0.508. The zero-order valence-corrected chi connectivity index (χ0v) is 12.7. The standard InChI is InChI=1S/C17H19NOS/c1-12-7-13(2)9-15(8-12)11-19-16-5-3-14(4-6-16)10-17(18)20/h3-9H,10-11H2,1-2H3,(H2,18,20). The molecule has 0 aromatic heterocycles. The SMILES string of the molecule is Cc1cc(C)cc(COc2ccc(CC(N)=S)cc2)c1. The van der Waals surface area contributed by atoms with Crippen molar-refractivity contribution in [3.05, 3.63) is 64.7 Å². The van der Waals surface area contributed by atoms with Crippen LogP contribution in [0.25, 0.3) is 0 Å². The van der Waals surface area contributed by atoms with Crippen molar-refractivity contribution in [2.24, 2.45) is 5.73 Å². The Morgan fingerprint density at radius 2 is 1.60 bits per heavy atom. The minimum absolute atomic E-state index is 0.508. The van der Waals surface area contributed by atoms with E-state index in [1.807, 2.05) is 24.3 Å². The molecule has 2 aromatic carbocycles. The molecule has 0 aliphatic carbocycles. The molecule has 0 fully saturated rings. The third-order valence-electron chi connectivity index (χ3n) is 2.99. The Morgan fingerprint density at radius 3 is 2.15 bits per heavy atom. The highest BCUT2D eigenvalue weighted by molar-refractivity contribution is 7.80. The van der Waals surface area contributed by atoms with E-state index in [0.29, 0.717) is 18.0 Å². The summed E-state index contributed by atoms with van der Waals surface area (Å²) < 4.78 is 5.80. The molecular formula is C17H19NOS. The van der Waals surface area contributed by atoms with E-state index in [1.165, 1.54) is 16.7 Å². The number of aryl methyl sites for hydroxylation is 2. The molecule has 20 heavy (non-hydrogen) atoms. The van der Waals surface area contributed by atoms with Gasteiger partial charge in [0.25, 0.3) is 0 Å². The van der Waals surface area contributed by atoms with Crippen LogP contribution in [0.4, 0.5) is 0 Å². The fraction of sp³-hybridized carbons (Fsp3) is 0.235. The van der Waals surface area contributed by atoms with Crippen molar-refractivity contribution in [1.82, 2.24) is 0 Å². The van der Waals surface area contributed by atoms with Gasteiger partial charge in [-0.1, -0.05) is 53.7 Å². The average molecular weight is 285 g/mol. The molecule has 104 valence electrons. The number of thiocarbonyl (C=S) groups is 1. The van der Waals surface area contributed by atoms with E-state index in [0.717, 1.165) is 11.3 Å². The maximum Gasteiger partial charge on any atom is 0.119 e. The summed E-state index contributed by atoms with van der Waals surface area (Å²) >= 11 is 4.90. The second kappa shape index (κ2) is 6.53. The summed E-state index contributed by atoms with van der Waals surface area (Å²) in [7, 11) is 0. The van der Waals surface area contributed by atoms with Crippen LogP contribution in [-0.2, 0) is 13.0 Å². The highest BCUT2D eigenvalue weighted by atomic mass is 32.1. The van der Waals surface area contributed by atoms with Gasteiger partial charge in [-0.25, -0.2) is 0 Å². The van der Waals surface area contributed by atoms with Crippen LogP contribution >= 0.6 is 12.2 Å². The Balaban J connectivity index is 1.98. The molecular weight excluding hydrogens is 266 g/mol. The Hall–Kier alpha value is -1.87. The third-order valence-corrected chi connectivity index (χ3v) is 3.13. The molecule has 0 aliphatic heterocycles. The zero-order valence-electron chi connectivity index (χ0n) is 11.8. The molecule has 3 heteroatoms. The predicted molar refractivity (Wildman–Crippen MR) is 87.2 cm³/mol. The molecule has 2 rings (SSSR count). The van der Waals surface area contributed by atoms with E-state index in [-0.39, 0.29) is 0 Å². The van der Waals surface area contributed by atoms with Gasteiger partial charge in [-0.05, 0) is 37.1 Å². The van der Waals surface area contributed by atoms with Gasteiger partial charge in [0.2, 0.25) is 0 Å². The largest absolute Gasteiger partial charge is 0.489 e. The van der Waals surface area contributed by atoms with Crippen molar-refractivity contribution < 1.29 is 4.74 Å². The van der Waals surface area contributed by atoms with Gasteiger partial charge in [-0.15, -0.1) is 0 Å². The molecule has 0 atom stereocenters. The van der Waals surface area contributed by atoms with Crippen LogP contribution in [0.1, 0.15) is 22.3 Å². The zero-order chi connectivity index (χ0) is 14.5. The Bertz CT molecular complexity index is 585. The first-order chi connectivity index (χ1) is 9.52. The Labute approximate surface area is 125 Å². The number of hydrogen-bond acceptors (Lipinski definition) is 2. The van der Waals surface area contributed by atoms with Gasteiger partial charge in [-0.2, -0.15) is 0 Å². The molecule has 2 N–H and O–H groups in total. The summed E-state index contributed by atoms with van der Waals surface area (Å²) in [5, 5.41) is 0. The van der Waals surface area contributed by atoms with Gasteiger partial charge in [0.05, 0.1) is 4.99 Å². The summed E-state index contributed by atoms with van der Waals surface area (Å²) in [6, 6.07) is 14.4. The van der Waals surface area contributed by atoms with Crippen molar-refractivity contribution in [3.63, 3.8) is 0 Å². The highest BCUT2D eigenvalue weighted by Gasteiger charge is 2.00. The monoisotopic (exact) mass is 285 g/mol. The number of benzene rings is 2. The van der Waals surface area contributed by atoms with E-state index in [4.69, 9.17) is 22.7 Å². The molecule has 0 amide bonds. The van der Waals surface area contributed by atoms with E-state index >= 15 is 0 Å². The van der Waals surface area contributed by atoms with Crippen molar-refractivity contribution >= 4 is 17.2 Å². The van der Waals surface area contributed by atoms with Gasteiger partial charge >= 0.3 is 0 Å². The smallest absolute Gasteiger partial charge is 0.119 e. The lowest BCUT2D eigenvalue weighted by atomic mass is 10.1. The molecule has 2 aromatic rings. The maximum absolute atomic E-state index is 5.80. The van der Waals surface area contributed by atoms with Crippen molar-refractivity contribution in [2.45, 2.75) is 26.9 Å². The molecule has 0 aliphatic rings. The molecule has 0 heterocycles. The van der Waals surface area contributed by atoms with Crippen LogP contribution in [0.3, 0.4) is 0 Å². The number of ether oxygens (including phenoxy) is 1. The van der Waals surface area contributed by atoms with Crippen molar-refractivity contribution in [2.75, 3.05) is 0 Å². The molecule has 0 unspecified atom stereocenters. The van der Waals surface area contributed by atoms with E-state index < -0.39 is 0 Å². The van der Waals surface area contributed by atoms with Crippen LogP contribution in [0, 0.1) is 13.8 Å². The predicted octanol–water partition coefficient (Wildman–Crippen LogP) is 3.71.